The highest BCUT2D eigenvalue weighted by atomic mass is 19.2. The largest absolute Gasteiger partial charge is 0.400 e. The summed E-state index contributed by atoms with van der Waals surface area (Å²) < 4.78 is 32.8. The van der Waals surface area contributed by atoms with Crippen LogP contribution < -0.4 is 5.54 Å². The number of hydrogen-bond donors (Lipinski definition) is 8. The van der Waals surface area contributed by atoms with Gasteiger partial charge in [-0.1, -0.05) is 0 Å². The van der Waals surface area contributed by atoms with Crippen LogP contribution in [0.3, 0.4) is 0 Å². The van der Waals surface area contributed by atoms with Crippen LogP contribution in [0.2, 0.25) is 0 Å². The van der Waals surface area contributed by atoms with E-state index in [4.69, 9.17) is 39.4 Å². The molecule has 3 aliphatic rings. The van der Waals surface area contributed by atoms with Crippen molar-refractivity contribution in [2.24, 2.45) is 0 Å². The Morgan fingerprint density at radius 1 is 0.706 bits per heavy atom. The quantitative estimate of drug-likeness (QED) is 0.212. The van der Waals surface area contributed by atoms with Crippen LogP contribution in [-0.4, -0.2) is 128 Å². The molecule has 13 heteroatoms. The van der Waals surface area contributed by atoms with Crippen LogP contribution in [0.1, 0.15) is 44.9 Å². The lowest BCUT2D eigenvalue weighted by Crippen LogP contribution is -2.45. The summed E-state index contributed by atoms with van der Waals surface area (Å²) >= 11 is 0. The van der Waals surface area contributed by atoms with Gasteiger partial charge >= 0.3 is 0 Å². The molecule has 1 saturated carbocycles. The molecule has 12 nitrogen and oxygen atoms in total. The smallest absolute Gasteiger partial charge is 0.183 e. The van der Waals surface area contributed by atoms with Crippen LogP contribution >= 0.6 is 0 Å². The first-order chi connectivity index (χ1) is 16.5. The van der Waals surface area contributed by atoms with Crippen molar-refractivity contribution >= 4 is 0 Å². The van der Waals surface area contributed by atoms with E-state index < -0.39 is 18.5 Å². The van der Waals surface area contributed by atoms with Crippen LogP contribution in [-0.2, 0) is 18.9 Å². The highest BCUT2D eigenvalue weighted by Crippen LogP contribution is 2.29. The fourth-order valence-electron chi connectivity index (χ4n) is 3.48. The van der Waals surface area contributed by atoms with Gasteiger partial charge in [0.05, 0.1) is 37.6 Å². The lowest BCUT2D eigenvalue weighted by molar-refractivity contribution is -0.265. The van der Waals surface area contributed by atoms with Crippen molar-refractivity contribution in [2.75, 3.05) is 48.7 Å². The zero-order valence-corrected chi connectivity index (χ0v) is 21.0. The van der Waals surface area contributed by atoms with E-state index in [-0.39, 0.29) is 37.6 Å². The van der Waals surface area contributed by atoms with E-state index >= 15 is 0 Å². The Morgan fingerprint density at radius 2 is 1.21 bits per heavy atom. The van der Waals surface area contributed by atoms with Crippen molar-refractivity contribution < 1.29 is 59.2 Å². The molecule has 0 aromatic carbocycles. The molecular formula is C21H48FNO11. The van der Waals surface area contributed by atoms with Crippen molar-refractivity contribution in [2.45, 2.75) is 88.0 Å². The second kappa shape index (κ2) is 27.0. The third-order valence-corrected chi connectivity index (χ3v) is 4.74. The Hall–Kier alpha value is -0.550. The van der Waals surface area contributed by atoms with Gasteiger partial charge in [-0.15, -0.1) is 4.48 Å². The molecule has 0 bridgehead atoms. The molecule has 0 aromatic rings. The average Bonchev–Trinajstić information content (AvgIpc) is 2.88. The minimum absolute atomic E-state index is 0.0159. The normalized spacial score (nSPS) is 32.2. The average molecular weight is 510 g/mol. The van der Waals surface area contributed by atoms with Crippen molar-refractivity contribution in [1.29, 1.82) is 0 Å². The molecule has 3 fully saturated rings. The first-order valence-corrected chi connectivity index (χ1v) is 11.2. The van der Waals surface area contributed by atoms with Gasteiger partial charge < -0.3 is 54.7 Å². The highest BCUT2D eigenvalue weighted by Gasteiger charge is 2.34. The van der Waals surface area contributed by atoms with Gasteiger partial charge in [0.15, 0.2) is 12.6 Å². The third-order valence-electron chi connectivity index (χ3n) is 4.74. The number of hydrogen-bond acceptors (Lipinski definition) is 12. The minimum Gasteiger partial charge on any atom is -0.400 e. The van der Waals surface area contributed by atoms with Gasteiger partial charge in [0, 0.05) is 54.7 Å². The van der Waals surface area contributed by atoms with E-state index in [0.717, 1.165) is 54.1 Å². The van der Waals surface area contributed by atoms with Crippen LogP contribution in [0, 0.1) is 0 Å². The summed E-state index contributed by atoms with van der Waals surface area (Å²) in [5, 5.41) is 56.8. The topological polar surface area (TPSA) is 191 Å². The fraction of sp³-hybridized carbons (Fsp3) is 1.00. The maximum absolute atomic E-state index is 10.0. The van der Waals surface area contributed by atoms with E-state index in [0.29, 0.717) is 19.4 Å². The number of ether oxygens (including phenoxy) is 4. The zero-order chi connectivity index (χ0) is 26.9. The predicted octanol–water partition coefficient (Wildman–Crippen LogP) is -1.18. The number of nitrogens with one attached hydrogen (secondary N) is 1. The van der Waals surface area contributed by atoms with Gasteiger partial charge in [0.1, 0.15) is 6.10 Å². The predicted molar refractivity (Wildman–Crippen MR) is 122 cm³/mol. The third kappa shape index (κ3) is 17.8. The summed E-state index contributed by atoms with van der Waals surface area (Å²) in [6.07, 6.45) is 2.70. The molecule has 0 amide bonds. The number of aliphatic hydroxyl groups excluding tert-OH is 7. The summed E-state index contributed by atoms with van der Waals surface area (Å²) in [7, 11) is 5.21. The molecule has 0 spiro atoms. The SMILES string of the molecule is CNF.CO.CO.CO.CO.OC1CCC(OC2CCCC(OC3OCC(O)CC3O)C2)OC1. The molecular weight excluding hydrogens is 461 g/mol. The van der Waals surface area contributed by atoms with Crippen molar-refractivity contribution in [1.82, 2.24) is 5.54 Å². The van der Waals surface area contributed by atoms with Gasteiger partial charge in [-0.2, -0.15) is 5.54 Å². The Bertz CT molecular complexity index is 394. The fourth-order valence-corrected chi connectivity index (χ4v) is 3.48. The second-order valence-electron chi connectivity index (χ2n) is 7.02. The molecule has 2 aliphatic heterocycles. The van der Waals surface area contributed by atoms with E-state index in [2.05, 4.69) is 0 Å². The van der Waals surface area contributed by atoms with Crippen LogP contribution in [0.5, 0.6) is 0 Å². The summed E-state index contributed by atoms with van der Waals surface area (Å²) in [6, 6.07) is 0. The van der Waals surface area contributed by atoms with E-state index in [1.54, 1.807) is 0 Å². The van der Waals surface area contributed by atoms with Crippen LogP contribution in [0.15, 0.2) is 0 Å². The van der Waals surface area contributed by atoms with Crippen LogP contribution in [0.25, 0.3) is 0 Å². The van der Waals surface area contributed by atoms with Crippen LogP contribution in [0.4, 0.5) is 4.48 Å². The molecule has 2 heterocycles. The van der Waals surface area contributed by atoms with Crippen molar-refractivity contribution in [3.05, 3.63) is 0 Å². The Labute approximate surface area is 202 Å². The number of rotatable bonds is 4. The molecule has 7 unspecified atom stereocenters. The van der Waals surface area contributed by atoms with Gasteiger partial charge in [-0.3, -0.25) is 0 Å². The molecule has 1 aliphatic carbocycles. The Balaban J connectivity index is -0.000000763. The van der Waals surface area contributed by atoms with Gasteiger partial charge in [0.2, 0.25) is 0 Å². The molecule has 34 heavy (non-hydrogen) atoms. The van der Waals surface area contributed by atoms with E-state index in [9.17, 15) is 19.8 Å². The maximum atomic E-state index is 10.0. The van der Waals surface area contributed by atoms with Crippen molar-refractivity contribution in [3.63, 3.8) is 0 Å². The molecule has 7 atom stereocenters. The zero-order valence-electron chi connectivity index (χ0n) is 21.0. The maximum Gasteiger partial charge on any atom is 0.183 e. The molecule has 8 N–H and O–H groups in total. The monoisotopic (exact) mass is 509 g/mol. The molecule has 210 valence electrons. The standard InChI is InChI=1S/C16H28O7.CH4FN.4CH4O/c17-10-4-5-15(20-8-10)22-12-2-1-3-13(7-12)23-16-14(19)6-11(18)9-21-16;1-3-2;4*1-2/h10-19H,1-9H2;3H,1H3;4*2H,1H3. The Kier molecular flexibility index (Phi) is 30.2. The summed E-state index contributed by atoms with van der Waals surface area (Å²) in [5.41, 5.74) is 1.25. The molecule has 3 rings (SSSR count). The molecule has 2 saturated heterocycles. The van der Waals surface area contributed by atoms with E-state index in [1.807, 2.05) is 0 Å². The first-order valence-electron chi connectivity index (χ1n) is 11.2. The Morgan fingerprint density at radius 3 is 1.68 bits per heavy atom. The van der Waals surface area contributed by atoms with Crippen molar-refractivity contribution in [3.8, 4) is 0 Å². The summed E-state index contributed by atoms with van der Waals surface area (Å²) in [6.45, 7) is 0.536. The second-order valence-corrected chi connectivity index (χ2v) is 7.02. The summed E-state index contributed by atoms with van der Waals surface area (Å²) in [4.78, 5) is 0. The highest BCUT2D eigenvalue weighted by molar-refractivity contribution is 4.79. The lowest BCUT2D eigenvalue weighted by atomic mass is 9.94. The minimum atomic E-state index is -0.789. The summed E-state index contributed by atoms with van der Waals surface area (Å²) in [5.74, 6) is 0. The first kappa shape index (κ1) is 38.0. The van der Waals surface area contributed by atoms with E-state index in [1.165, 1.54) is 12.6 Å². The lowest BCUT2D eigenvalue weighted by Gasteiger charge is -2.37. The van der Waals surface area contributed by atoms with Gasteiger partial charge in [0.25, 0.3) is 0 Å². The number of aliphatic hydroxyl groups is 7. The number of halogens is 1. The van der Waals surface area contributed by atoms with Gasteiger partial charge in [-0.05, 0) is 25.7 Å². The van der Waals surface area contributed by atoms with Gasteiger partial charge in [-0.25, -0.2) is 0 Å². The molecule has 0 aromatic heterocycles. The molecule has 0 radical (unpaired) electrons.